The third-order valence-corrected chi connectivity index (χ3v) is 4.08. The van der Waals surface area contributed by atoms with Crippen LogP contribution in [0.3, 0.4) is 0 Å². The molecule has 0 saturated carbocycles. The lowest BCUT2D eigenvalue weighted by Gasteiger charge is -2.34. The zero-order valence-electron chi connectivity index (χ0n) is 12.1. The van der Waals surface area contributed by atoms with Crippen molar-refractivity contribution in [3.8, 4) is 0 Å². The number of nitrogens with one attached hydrogen (secondary N) is 1. The first kappa shape index (κ1) is 15.4. The number of ether oxygens (including phenoxy) is 2. The van der Waals surface area contributed by atoms with Gasteiger partial charge in [-0.2, -0.15) is 0 Å². The molecule has 1 aromatic rings. The van der Waals surface area contributed by atoms with Gasteiger partial charge in [0.05, 0.1) is 18.1 Å². The van der Waals surface area contributed by atoms with Crippen molar-refractivity contribution < 1.29 is 14.3 Å². The van der Waals surface area contributed by atoms with E-state index in [-0.39, 0.29) is 5.91 Å². The van der Waals surface area contributed by atoms with E-state index in [0.717, 1.165) is 11.4 Å². The summed E-state index contributed by atoms with van der Waals surface area (Å²) in [5.74, 6) is -0.131. The van der Waals surface area contributed by atoms with E-state index in [1.54, 1.807) is 13.3 Å². The fourth-order valence-corrected chi connectivity index (χ4v) is 2.84. The second-order valence-corrected chi connectivity index (χ2v) is 6.12. The Balaban J connectivity index is 1.90. The van der Waals surface area contributed by atoms with Gasteiger partial charge in [-0.05, 0) is 13.8 Å². The van der Waals surface area contributed by atoms with Crippen molar-refractivity contribution in [2.45, 2.75) is 32.6 Å². The average molecular weight is 299 g/mol. The molecule has 7 heteroatoms. The summed E-state index contributed by atoms with van der Waals surface area (Å²) in [6.45, 7) is 6.84. The van der Waals surface area contributed by atoms with Crippen LogP contribution < -0.4 is 5.32 Å². The topological polar surface area (TPSA) is 63.7 Å². The minimum absolute atomic E-state index is 0.131. The van der Waals surface area contributed by atoms with Crippen LogP contribution in [0.15, 0.2) is 6.20 Å². The molecule has 20 heavy (non-hydrogen) atoms. The number of morpholine rings is 1. The predicted molar refractivity (Wildman–Crippen MR) is 77.9 cm³/mol. The molecular formula is C13H21N3O3S. The Morgan fingerprint density at radius 3 is 3.20 bits per heavy atom. The third kappa shape index (κ3) is 3.99. The number of methoxy groups -OCH3 is 1. The minimum Gasteiger partial charge on any atom is -0.379 e. The number of hydrogen-bond donors (Lipinski definition) is 1. The minimum atomic E-state index is -0.430. The quantitative estimate of drug-likeness (QED) is 0.889. The number of thiazole rings is 1. The monoisotopic (exact) mass is 299 g/mol. The van der Waals surface area contributed by atoms with Crippen molar-refractivity contribution >= 4 is 22.4 Å². The van der Waals surface area contributed by atoms with Gasteiger partial charge >= 0.3 is 0 Å². The highest BCUT2D eigenvalue weighted by Crippen LogP contribution is 2.19. The zero-order chi connectivity index (χ0) is 14.5. The molecule has 1 aromatic heterocycles. The van der Waals surface area contributed by atoms with Crippen LogP contribution >= 0.6 is 11.3 Å². The summed E-state index contributed by atoms with van der Waals surface area (Å²) in [6, 6.07) is 0.419. The maximum absolute atomic E-state index is 12.2. The van der Waals surface area contributed by atoms with Crippen molar-refractivity contribution in [1.82, 2.24) is 9.88 Å². The highest BCUT2D eigenvalue weighted by molar-refractivity contribution is 7.15. The lowest BCUT2D eigenvalue weighted by molar-refractivity contribution is -0.133. The lowest BCUT2D eigenvalue weighted by atomic mass is 10.2. The normalized spacial score (nSPS) is 20.3. The molecule has 1 N–H and O–H groups in total. The van der Waals surface area contributed by atoms with Crippen LogP contribution in [0.5, 0.6) is 0 Å². The van der Waals surface area contributed by atoms with Gasteiger partial charge in [0.1, 0.15) is 6.10 Å². The van der Waals surface area contributed by atoms with Gasteiger partial charge in [0.25, 0.3) is 5.91 Å². The Morgan fingerprint density at radius 2 is 2.50 bits per heavy atom. The molecular weight excluding hydrogens is 278 g/mol. The van der Waals surface area contributed by atoms with Gasteiger partial charge in [-0.1, -0.05) is 11.3 Å². The molecule has 6 nitrogen and oxygen atoms in total. The van der Waals surface area contributed by atoms with E-state index in [2.05, 4.69) is 29.0 Å². The Morgan fingerprint density at radius 1 is 1.70 bits per heavy atom. The Hall–Kier alpha value is -1.02. The first-order valence-corrected chi connectivity index (χ1v) is 7.52. The summed E-state index contributed by atoms with van der Waals surface area (Å²) < 4.78 is 10.6. The van der Waals surface area contributed by atoms with Crippen molar-refractivity contribution in [3.63, 3.8) is 0 Å². The second-order valence-electron chi connectivity index (χ2n) is 5.00. The molecule has 1 aliphatic rings. The van der Waals surface area contributed by atoms with E-state index in [1.165, 1.54) is 11.3 Å². The van der Waals surface area contributed by atoms with Crippen LogP contribution in [0.1, 0.15) is 18.7 Å². The van der Waals surface area contributed by atoms with Gasteiger partial charge in [0, 0.05) is 32.4 Å². The standard InChI is InChI=1S/C13H21N3O3S/c1-9(2)16-4-5-19-11(7-16)12(17)15-13-14-6-10(20-13)8-18-3/h6,9,11H,4-5,7-8H2,1-3H3,(H,14,15,17). The van der Waals surface area contributed by atoms with Crippen LogP contribution in [0.2, 0.25) is 0 Å². The molecule has 0 aliphatic carbocycles. The van der Waals surface area contributed by atoms with Gasteiger partial charge < -0.3 is 9.47 Å². The summed E-state index contributed by atoms with van der Waals surface area (Å²) >= 11 is 1.42. The summed E-state index contributed by atoms with van der Waals surface area (Å²) in [4.78, 5) is 19.6. The first-order chi connectivity index (χ1) is 9.60. The number of aromatic nitrogens is 1. The van der Waals surface area contributed by atoms with E-state index in [0.29, 0.717) is 30.9 Å². The molecule has 1 atom stereocenters. The Labute approximate surface area is 123 Å². The van der Waals surface area contributed by atoms with Crippen LogP contribution in [-0.4, -0.2) is 54.7 Å². The van der Waals surface area contributed by atoms with Gasteiger partial charge in [0.15, 0.2) is 5.13 Å². The molecule has 0 bridgehead atoms. The van der Waals surface area contributed by atoms with E-state index >= 15 is 0 Å². The van der Waals surface area contributed by atoms with Crippen molar-refractivity contribution in [2.24, 2.45) is 0 Å². The molecule has 0 radical (unpaired) electrons. The first-order valence-electron chi connectivity index (χ1n) is 6.70. The summed E-state index contributed by atoms with van der Waals surface area (Å²) in [6.07, 6.45) is 1.28. The number of anilines is 1. The number of nitrogens with zero attached hydrogens (tertiary/aromatic N) is 2. The van der Waals surface area contributed by atoms with Crippen molar-refractivity contribution in [3.05, 3.63) is 11.1 Å². The molecule has 1 amide bonds. The number of carbonyl (C=O) groups is 1. The summed E-state index contributed by atoms with van der Waals surface area (Å²) in [5.41, 5.74) is 0. The number of rotatable bonds is 5. The van der Waals surface area contributed by atoms with Gasteiger partial charge in [-0.3, -0.25) is 15.0 Å². The fourth-order valence-electron chi connectivity index (χ4n) is 2.06. The largest absolute Gasteiger partial charge is 0.379 e. The van der Waals surface area contributed by atoms with Crippen LogP contribution in [0, 0.1) is 0 Å². The molecule has 0 spiro atoms. The Bertz CT molecular complexity index is 450. The van der Waals surface area contributed by atoms with E-state index in [9.17, 15) is 4.79 Å². The SMILES string of the molecule is COCc1cnc(NC(=O)C2CN(C(C)C)CCO2)s1. The third-order valence-electron chi connectivity index (χ3n) is 3.19. The smallest absolute Gasteiger partial charge is 0.256 e. The molecule has 2 heterocycles. The van der Waals surface area contributed by atoms with E-state index in [4.69, 9.17) is 9.47 Å². The van der Waals surface area contributed by atoms with E-state index in [1.807, 2.05) is 0 Å². The molecule has 1 unspecified atom stereocenters. The summed E-state index contributed by atoms with van der Waals surface area (Å²) in [5, 5.41) is 3.40. The Kier molecular flexibility index (Phi) is 5.47. The molecule has 2 rings (SSSR count). The van der Waals surface area contributed by atoms with Crippen LogP contribution in [-0.2, 0) is 20.9 Å². The number of carbonyl (C=O) groups excluding carboxylic acids is 1. The number of amides is 1. The van der Waals surface area contributed by atoms with Crippen molar-refractivity contribution in [2.75, 3.05) is 32.1 Å². The van der Waals surface area contributed by atoms with Crippen LogP contribution in [0.4, 0.5) is 5.13 Å². The molecule has 1 aliphatic heterocycles. The molecule has 112 valence electrons. The lowest BCUT2D eigenvalue weighted by Crippen LogP contribution is -2.50. The average Bonchev–Trinajstić information content (AvgIpc) is 2.86. The second kappa shape index (κ2) is 7.12. The molecule has 1 fully saturated rings. The van der Waals surface area contributed by atoms with Gasteiger partial charge in [-0.25, -0.2) is 4.98 Å². The predicted octanol–water partition coefficient (Wildman–Crippen LogP) is 1.34. The molecule has 1 saturated heterocycles. The van der Waals surface area contributed by atoms with Gasteiger partial charge in [-0.15, -0.1) is 0 Å². The fraction of sp³-hybridized carbons (Fsp3) is 0.692. The summed E-state index contributed by atoms with van der Waals surface area (Å²) in [7, 11) is 1.63. The maximum atomic E-state index is 12.2. The van der Waals surface area contributed by atoms with Crippen molar-refractivity contribution in [1.29, 1.82) is 0 Å². The zero-order valence-corrected chi connectivity index (χ0v) is 12.9. The number of hydrogen-bond acceptors (Lipinski definition) is 6. The highest BCUT2D eigenvalue weighted by atomic mass is 32.1. The van der Waals surface area contributed by atoms with Gasteiger partial charge in [0.2, 0.25) is 0 Å². The highest BCUT2D eigenvalue weighted by Gasteiger charge is 2.28. The maximum Gasteiger partial charge on any atom is 0.256 e. The van der Waals surface area contributed by atoms with E-state index < -0.39 is 6.10 Å². The molecule has 0 aromatic carbocycles. The van der Waals surface area contributed by atoms with Crippen LogP contribution in [0.25, 0.3) is 0 Å².